The van der Waals surface area contributed by atoms with Crippen LogP contribution in [0, 0.1) is 16.0 Å². The maximum absolute atomic E-state index is 11.6. The van der Waals surface area contributed by atoms with Crippen molar-refractivity contribution < 1.29 is 14.5 Å². The Morgan fingerprint density at radius 1 is 1.17 bits per heavy atom. The molecule has 1 fully saturated rings. The molecular weight excluding hydrogens is 338 g/mol. The fourth-order valence-corrected chi connectivity index (χ4v) is 1.95. The molecule has 1 aromatic rings. The number of benzene rings is 1. The highest BCUT2D eigenvalue weighted by atomic mass is 35.5. The summed E-state index contributed by atoms with van der Waals surface area (Å²) in [5.74, 6) is 0.234. The Morgan fingerprint density at radius 2 is 1.83 bits per heavy atom. The van der Waals surface area contributed by atoms with Gasteiger partial charge in [-0.05, 0) is 5.56 Å². The predicted molar refractivity (Wildman–Crippen MR) is 90.0 cm³/mol. The van der Waals surface area contributed by atoms with Gasteiger partial charge in [-0.3, -0.25) is 14.9 Å². The van der Waals surface area contributed by atoms with E-state index < -0.39 is 11.0 Å². The van der Waals surface area contributed by atoms with Crippen LogP contribution in [0.2, 0.25) is 0 Å². The molecule has 0 saturated carbocycles. The Morgan fingerprint density at radius 3 is 2.38 bits per heavy atom. The Hall–Kier alpha value is -2.39. The lowest BCUT2D eigenvalue weighted by molar-refractivity contribution is -0.384. The molecule has 1 saturated heterocycles. The van der Waals surface area contributed by atoms with Crippen molar-refractivity contribution in [1.29, 1.82) is 0 Å². The van der Waals surface area contributed by atoms with Crippen LogP contribution in [0.1, 0.15) is 5.56 Å². The van der Waals surface area contributed by atoms with Crippen LogP contribution < -0.4 is 21.3 Å². The topological polar surface area (TPSA) is 125 Å². The van der Waals surface area contributed by atoms with E-state index in [4.69, 9.17) is 0 Å². The monoisotopic (exact) mass is 357 g/mol. The average molecular weight is 358 g/mol. The molecule has 1 aromatic carbocycles. The first-order valence-electron chi connectivity index (χ1n) is 7.27. The van der Waals surface area contributed by atoms with Crippen LogP contribution in [0.25, 0.3) is 0 Å². The van der Waals surface area contributed by atoms with E-state index in [-0.39, 0.29) is 37.1 Å². The molecule has 24 heavy (non-hydrogen) atoms. The van der Waals surface area contributed by atoms with Gasteiger partial charge in [-0.25, -0.2) is 4.79 Å². The SMILES string of the molecule is Cl.O=C(CNC(=O)NCc1ccc([N+](=O)[O-])cc1)NCC1CNC1. The number of carbonyl (C=O) groups excluding carboxylic acids is 2. The van der Waals surface area contributed by atoms with E-state index in [0.29, 0.717) is 12.5 Å². The Labute approximate surface area is 145 Å². The highest BCUT2D eigenvalue weighted by Gasteiger charge is 2.17. The summed E-state index contributed by atoms with van der Waals surface area (Å²) >= 11 is 0. The molecule has 2 rings (SSSR count). The van der Waals surface area contributed by atoms with Crippen molar-refractivity contribution in [3.8, 4) is 0 Å². The lowest BCUT2D eigenvalue weighted by atomic mass is 10.0. The van der Waals surface area contributed by atoms with Gasteiger partial charge in [0.15, 0.2) is 0 Å². The van der Waals surface area contributed by atoms with E-state index in [9.17, 15) is 19.7 Å². The van der Waals surface area contributed by atoms with E-state index >= 15 is 0 Å². The lowest BCUT2D eigenvalue weighted by Gasteiger charge is -2.27. The normalized spacial score (nSPS) is 13.2. The third kappa shape index (κ3) is 6.39. The minimum atomic E-state index is -0.484. The summed E-state index contributed by atoms with van der Waals surface area (Å²) in [6.07, 6.45) is 0. The van der Waals surface area contributed by atoms with Gasteiger partial charge in [-0.2, -0.15) is 0 Å². The van der Waals surface area contributed by atoms with Gasteiger partial charge < -0.3 is 21.3 Å². The van der Waals surface area contributed by atoms with Gasteiger partial charge in [0.25, 0.3) is 5.69 Å². The van der Waals surface area contributed by atoms with E-state index in [0.717, 1.165) is 18.7 Å². The number of non-ortho nitro benzene ring substituents is 1. The molecule has 10 heteroatoms. The van der Waals surface area contributed by atoms with Gasteiger partial charge in [0.2, 0.25) is 5.91 Å². The number of nitrogens with zero attached hydrogens (tertiary/aromatic N) is 1. The fourth-order valence-electron chi connectivity index (χ4n) is 1.95. The number of amides is 3. The number of halogens is 1. The number of hydrogen-bond acceptors (Lipinski definition) is 5. The molecule has 1 heterocycles. The van der Waals surface area contributed by atoms with Crippen LogP contribution in [-0.4, -0.2) is 43.0 Å². The predicted octanol–water partition coefficient (Wildman–Crippen LogP) is 0.151. The number of urea groups is 1. The molecule has 0 aliphatic carbocycles. The third-order valence-corrected chi connectivity index (χ3v) is 3.46. The van der Waals surface area contributed by atoms with Crippen molar-refractivity contribution in [3.05, 3.63) is 39.9 Å². The Balaban J connectivity index is 0.00000288. The van der Waals surface area contributed by atoms with Gasteiger partial charge >= 0.3 is 6.03 Å². The molecule has 9 nitrogen and oxygen atoms in total. The maximum atomic E-state index is 11.6. The van der Waals surface area contributed by atoms with Gasteiger partial charge in [0, 0.05) is 44.2 Å². The van der Waals surface area contributed by atoms with Gasteiger partial charge in [0.05, 0.1) is 11.5 Å². The summed E-state index contributed by atoms with van der Waals surface area (Å²) in [5, 5.41) is 21.4. The zero-order chi connectivity index (χ0) is 16.7. The third-order valence-electron chi connectivity index (χ3n) is 3.46. The minimum Gasteiger partial charge on any atom is -0.354 e. The molecule has 1 aliphatic rings. The maximum Gasteiger partial charge on any atom is 0.315 e. The summed E-state index contributed by atoms with van der Waals surface area (Å²) in [4.78, 5) is 33.2. The van der Waals surface area contributed by atoms with Crippen molar-refractivity contribution in [3.63, 3.8) is 0 Å². The summed E-state index contributed by atoms with van der Waals surface area (Å²) in [6, 6.07) is 5.41. The number of nitrogens with one attached hydrogen (secondary N) is 4. The molecule has 0 atom stereocenters. The molecule has 0 spiro atoms. The standard InChI is InChI=1S/C14H19N5O4.ClH/c20-13(16-8-11-5-15-6-11)9-18-14(21)17-7-10-1-3-12(4-2-10)19(22)23;/h1-4,11,15H,5-9H2,(H,16,20)(H2,17,18,21);1H. The second kappa shape index (κ2) is 9.68. The molecule has 1 aliphatic heterocycles. The first-order valence-corrected chi connectivity index (χ1v) is 7.27. The minimum absolute atomic E-state index is 0. The number of nitro benzene ring substituents is 1. The number of rotatable bonds is 7. The molecule has 0 radical (unpaired) electrons. The molecule has 0 unspecified atom stereocenters. The van der Waals surface area contributed by atoms with Crippen molar-refractivity contribution in [2.45, 2.75) is 6.54 Å². The molecule has 0 aromatic heterocycles. The quantitative estimate of drug-likeness (QED) is 0.408. The Kier molecular flexibility index (Phi) is 7.93. The Bertz CT molecular complexity index is 577. The highest BCUT2D eigenvalue weighted by molar-refractivity contribution is 5.85. The van der Waals surface area contributed by atoms with Crippen LogP contribution in [0.3, 0.4) is 0 Å². The van der Waals surface area contributed by atoms with Crippen LogP contribution in [-0.2, 0) is 11.3 Å². The van der Waals surface area contributed by atoms with E-state index in [1.807, 2.05) is 0 Å². The molecule has 3 amide bonds. The van der Waals surface area contributed by atoms with E-state index in [1.165, 1.54) is 12.1 Å². The largest absolute Gasteiger partial charge is 0.354 e. The van der Waals surface area contributed by atoms with Crippen molar-refractivity contribution in [1.82, 2.24) is 21.3 Å². The summed E-state index contributed by atoms with van der Waals surface area (Å²) < 4.78 is 0. The second-order valence-electron chi connectivity index (χ2n) is 5.29. The van der Waals surface area contributed by atoms with Gasteiger partial charge in [-0.15, -0.1) is 12.4 Å². The lowest BCUT2D eigenvalue weighted by Crippen LogP contribution is -2.49. The molecule has 132 valence electrons. The average Bonchev–Trinajstić information content (AvgIpc) is 2.49. The number of nitro groups is 1. The van der Waals surface area contributed by atoms with Crippen molar-refractivity contribution in [2.24, 2.45) is 5.92 Å². The van der Waals surface area contributed by atoms with Crippen LogP contribution >= 0.6 is 12.4 Å². The van der Waals surface area contributed by atoms with Crippen molar-refractivity contribution in [2.75, 3.05) is 26.2 Å². The first-order chi connectivity index (χ1) is 11.0. The van der Waals surface area contributed by atoms with E-state index in [2.05, 4.69) is 21.3 Å². The zero-order valence-electron chi connectivity index (χ0n) is 12.9. The van der Waals surface area contributed by atoms with Crippen molar-refractivity contribution >= 4 is 30.0 Å². The molecular formula is C14H20ClN5O4. The second-order valence-corrected chi connectivity index (χ2v) is 5.29. The van der Waals surface area contributed by atoms with E-state index in [1.54, 1.807) is 12.1 Å². The van der Waals surface area contributed by atoms with Crippen LogP contribution in [0.4, 0.5) is 10.5 Å². The van der Waals surface area contributed by atoms with Crippen LogP contribution in [0.15, 0.2) is 24.3 Å². The zero-order valence-corrected chi connectivity index (χ0v) is 13.7. The smallest absolute Gasteiger partial charge is 0.315 e. The summed E-state index contributed by atoms with van der Waals surface area (Å²) in [5.41, 5.74) is 0.726. The highest BCUT2D eigenvalue weighted by Crippen LogP contribution is 2.11. The van der Waals surface area contributed by atoms with Gasteiger partial charge in [0.1, 0.15) is 0 Å². The number of hydrogen-bond donors (Lipinski definition) is 4. The molecule has 0 bridgehead atoms. The summed E-state index contributed by atoms with van der Waals surface area (Å²) in [6.45, 7) is 2.55. The fraction of sp³-hybridized carbons (Fsp3) is 0.429. The first kappa shape index (κ1) is 19.7. The molecule has 4 N–H and O–H groups in total. The number of carbonyl (C=O) groups is 2. The van der Waals surface area contributed by atoms with Crippen LogP contribution in [0.5, 0.6) is 0 Å². The summed E-state index contributed by atoms with van der Waals surface area (Å²) in [7, 11) is 0. The van der Waals surface area contributed by atoms with Gasteiger partial charge in [-0.1, -0.05) is 12.1 Å².